The number of nitrogens with zero attached hydrogens (tertiary/aromatic N) is 2. The van der Waals surface area contributed by atoms with Crippen LogP contribution >= 0.6 is 0 Å². The van der Waals surface area contributed by atoms with Crippen molar-refractivity contribution < 1.29 is 4.39 Å². The summed E-state index contributed by atoms with van der Waals surface area (Å²) in [4.78, 5) is 2.46. The van der Waals surface area contributed by atoms with Crippen molar-refractivity contribution in [3.05, 3.63) is 29.6 Å². The van der Waals surface area contributed by atoms with Gasteiger partial charge in [-0.3, -0.25) is 0 Å². The van der Waals surface area contributed by atoms with Gasteiger partial charge in [-0.1, -0.05) is 6.92 Å². The summed E-state index contributed by atoms with van der Waals surface area (Å²) in [6.07, 6.45) is 2.42. The summed E-state index contributed by atoms with van der Waals surface area (Å²) in [6.45, 7) is 7.69. The van der Waals surface area contributed by atoms with Gasteiger partial charge in [-0.15, -0.1) is 0 Å². The van der Waals surface area contributed by atoms with E-state index in [1.165, 1.54) is 31.5 Å². The standard InChI is InChI=1S/C16H22FN3/c1-3-20-8-4-5-13(11-20)12(2)19-16-7-6-15(17)9-14(16)10-18/h6-7,9,12-13,19H,3-5,8,11H2,1-2H3. The molecule has 2 rings (SSSR count). The van der Waals surface area contributed by atoms with Gasteiger partial charge in [0.2, 0.25) is 0 Å². The smallest absolute Gasteiger partial charge is 0.124 e. The lowest BCUT2D eigenvalue weighted by atomic mass is 9.91. The molecular formula is C16H22FN3. The molecule has 1 N–H and O–H groups in total. The van der Waals surface area contributed by atoms with Gasteiger partial charge in [0.15, 0.2) is 0 Å². The highest BCUT2D eigenvalue weighted by atomic mass is 19.1. The minimum Gasteiger partial charge on any atom is -0.381 e. The Labute approximate surface area is 120 Å². The zero-order valence-corrected chi connectivity index (χ0v) is 12.2. The van der Waals surface area contributed by atoms with Gasteiger partial charge in [0.1, 0.15) is 11.9 Å². The van der Waals surface area contributed by atoms with Gasteiger partial charge < -0.3 is 10.2 Å². The molecule has 0 aliphatic carbocycles. The average Bonchev–Trinajstić information content (AvgIpc) is 2.49. The summed E-state index contributed by atoms with van der Waals surface area (Å²) in [5.74, 6) is 0.204. The lowest BCUT2D eigenvalue weighted by Gasteiger charge is -2.35. The quantitative estimate of drug-likeness (QED) is 0.917. The molecule has 1 saturated heterocycles. The molecule has 1 aliphatic rings. The topological polar surface area (TPSA) is 39.1 Å². The van der Waals surface area contributed by atoms with Crippen LogP contribution in [0, 0.1) is 23.1 Å². The molecule has 1 heterocycles. The molecule has 0 saturated carbocycles. The Hall–Kier alpha value is -1.60. The van der Waals surface area contributed by atoms with Crippen LogP contribution in [-0.4, -0.2) is 30.6 Å². The number of anilines is 1. The third-order valence-corrected chi connectivity index (χ3v) is 4.18. The zero-order chi connectivity index (χ0) is 14.5. The maximum absolute atomic E-state index is 13.1. The second kappa shape index (κ2) is 6.71. The molecule has 108 valence electrons. The summed E-state index contributed by atoms with van der Waals surface area (Å²) in [7, 11) is 0. The van der Waals surface area contributed by atoms with Gasteiger partial charge in [-0.05, 0) is 57.0 Å². The third kappa shape index (κ3) is 3.49. The predicted molar refractivity (Wildman–Crippen MR) is 79.0 cm³/mol. The molecule has 1 aromatic rings. The van der Waals surface area contributed by atoms with Crippen LogP contribution in [0.25, 0.3) is 0 Å². The van der Waals surface area contributed by atoms with Gasteiger partial charge in [-0.2, -0.15) is 5.26 Å². The number of likely N-dealkylation sites (tertiary alicyclic amines) is 1. The lowest BCUT2D eigenvalue weighted by molar-refractivity contribution is 0.172. The molecule has 2 unspecified atom stereocenters. The van der Waals surface area contributed by atoms with Crippen LogP contribution in [0.5, 0.6) is 0 Å². The van der Waals surface area contributed by atoms with Crippen molar-refractivity contribution in [2.45, 2.75) is 32.7 Å². The fraction of sp³-hybridized carbons (Fsp3) is 0.562. The highest BCUT2D eigenvalue weighted by Gasteiger charge is 2.24. The molecule has 0 radical (unpaired) electrons. The van der Waals surface area contributed by atoms with Crippen LogP contribution in [0.15, 0.2) is 18.2 Å². The van der Waals surface area contributed by atoms with Crippen molar-refractivity contribution in [2.24, 2.45) is 5.92 Å². The van der Waals surface area contributed by atoms with Crippen molar-refractivity contribution in [3.8, 4) is 6.07 Å². The Balaban J connectivity index is 2.04. The fourth-order valence-electron chi connectivity index (χ4n) is 2.88. The number of piperidine rings is 1. The second-order valence-electron chi connectivity index (χ2n) is 5.53. The molecule has 4 heteroatoms. The number of nitriles is 1. The van der Waals surface area contributed by atoms with Gasteiger partial charge in [0.05, 0.1) is 11.3 Å². The summed E-state index contributed by atoms with van der Waals surface area (Å²) in [5.41, 5.74) is 1.11. The number of hydrogen-bond donors (Lipinski definition) is 1. The van der Waals surface area contributed by atoms with E-state index in [0.717, 1.165) is 18.8 Å². The lowest BCUT2D eigenvalue weighted by Crippen LogP contribution is -2.41. The van der Waals surface area contributed by atoms with Crippen LogP contribution in [0.1, 0.15) is 32.3 Å². The molecular weight excluding hydrogens is 253 g/mol. The van der Waals surface area contributed by atoms with Crippen molar-refractivity contribution >= 4 is 5.69 Å². The number of rotatable bonds is 4. The molecule has 1 fully saturated rings. The molecule has 1 aromatic carbocycles. The number of nitrogens with one attached hydrogen (secondary N) is 1. The Morgan fingerprint density at radius 3 is 3.05 bits per heavy atom. The Bertz CT molecular complexity index is 495. The van der Waals surface area contributed by atoms with Crippen molar-refractivity contribution in [1.82, 2.24) is 4.90 Å². The van der Waals surface area contributed by atoms with E-state index in [9.17, 15) is 4.39 Å². The van der Waals surface area contributed by atoms with E-state index in [2.05, 4.69) is 30.1 Å². The van der Waals surface area contributed by atoms with E-state index in [4.69, 9.17) is 5.26 Å². The third-order valence-electron chi connectivity index (χ3n) is 4.18. The van der Waals surface area contributed by atoms with Crippen LogP contribution in [0.2, 0.25) is 0 Å². The first-order chi connectivity index (χ1) is 9.63. The molecule has 0 bridgehead atoms. The first-order valence-corrected chi connectivity index (χ1v) is 7.32. The zero-order valence-electron chi connectivity index (χ0n) is 12.2. The van der Waals surface area contributed by atoms with E-state index < -0.39 is 0 Å². The van der Waals surface area contributed by atoms with Crippen molar-refractivity contribution in [1.29, 1.82) is 5.26 Å². The molecule has 1 aliphatic heterocycles. The SMILES string of the molecule is CCN1CCCC(C(C)Nc2ccc(F)cc2C#N)C1. The summed E-state index contributed by atoms with van der Waals surface area (Å²) >= 11 is 0. The first-order valence-electron chi connectivity index (χ1n) is 7.32. The Morgan fingerprint density at radius 1 is 1.55 bits per heavy atom. The van der Waals surface area contributed by atoms with E-state index in [-0.39, 0.29) is 11.9 Å². The molecule has 2 atom stereocenters. The van der Waals surface area contributed by atoms with Crippen molar-refractivity contribution in [2.75, 3.05) is 25.0 Å². The minimum absolute atomic E-state index is 0.280. The first kappa shape index (κ1) is 14.8. The molecule has 0 spiro atoms. The number of hydrogen-bond acceptors (Lipinski definition) is 3. The molecule has 0 aromatic heterocycles. The average molecular weight is 275 g/mol. The van der Waals surface area contributed by atoms with Gasteiger partial charge >= 0.3 is 0 Å². The van der Waals surface area contributed by atoms with Crippen molar-refractivity contribution in [3.63, 3.8) is 0 Å². The van der Waals surface area contributed by atoms with E-state index in [1.807, 2.05) is 0 Å². The van der Waals surface area contributed by atoms with E-state index in [0.29, 0.717) is 11.5 Å². The van der Waals surface area contributed by atoms with Crippen LogP contribution in [-0.2, 0) is 0 Å². The molecule has 20 heavy (non-hydrogen) atoms. The van der Waals surface area contributed by atoms with Gasteiger partial charge in [-0.25, -0.2) is 4.39 Å². The van der Waals surface area contributed by atoms with Gasteiger partial charge in [0.25, 0.3) is 0 Å². The predicted octanol–water partition coefficient (Wildman–Crippen LogP) is 3.23. The van der Waals surface area contributed by atoms with Crippen LogP contribution in [0.3, 0.4) is 0 Å². The maximum Gasteiger partial charge on any atom is 0.124 e. The summed E-state index contributed by atoms with van der Waals surface area (Å²) < 4.78 is 13.1. The largest absolute Gasteiger partial charge is 0.381 e. The number of benzene rings is 1. The summed E-state index contributed by atoms with van der Waals surface area (Å²) in [6, 6.07) is 6.67. The fourth-order valence-corrected chi connectivity index (χ4v) is 2.88. The van der Waals surface area contributed by atoms with Gasteiger partial charge in [0, 0.05) is 12.6 Å². The normalized spacial score (nSPS) is 21.2. The molecule has 0 amide bonds. The Morgan fingerprint density at radius 2 is 2.35 bits per heavy atom. The highest BCUT2D eigenvalue weighted by molar-refractivity contribution is 5.57. The molecule has 3 nitrogen and oxygen atoms in total. The number of halogens is 1. The van der Waals surface area contributed by atoms with Crippen LogP contribution in [0.4, 0.5) is 10.1 Å². The van der Waals surface area contributed by atoms with Crippen LogP contribution < -0.4 is 5.32 Å². The minimum atomic E-state index is -0.366. The second-order valence-corrected chi connectivity index (χ2v) is 5.53. The highest BCUT2D eigenvalue weighted by Crippen LogP contribution is 2.24. The summed E-state index contributed by atoms with van der Waals surface area (Å²) in [5, 5.41) is 12.5. The monoisotopic (exact) mass is 275 g/mol. The van der Waals surface area contributed by atoms with E-state index in [1.54, 1.807) is 6.07 Å². The Kier molecular flexibility index (Phi) is 4.97. The maximum atomic E-state index is 13.1. The van der Waals surface area contributed by atoms with E-state index >= 15 is 0 Å².